The number of amides is 1. The number of nitrogens with one attached hydrogen (secondary N) is 2. The Labute approximate surface area is 209 Å². The van der Waals surface area contributed by atoms with Crippen molar-refractivity contribution in [1.29, 1.82) is 0 Å². The van der Waals surface area contributed by atoms with Gasteiger partial charge >= 0.3 is 0 Å². The maximum absolute atomic E-state index is 12.3. The van der Waals surface area contributed by atoms with Gasteiger partial charge in [-0.3, -0.25) is 9.89 Å². The largest absolute Gasteiger partial charge is 0.491 e. The first-order valence-electron chi connectivity index (χ1n) is 13.0. The topological polar surface area (TPSA) is 83.1 Å². The Hall–Kier alpha value is -3.71. The number of aromatic nitrogens is 3. The predicted molar refractivity (Wildman–Crippen MR) is 139 cm³/mol. The number of nitrogens with zero attached hydrogens (tertiary/aromatic N) is 3. The lowest BCUT2D eigenvalue weighted by molar-refractivity contribution is 0.0957. The number of aromatic amines is 1. The molecule has 1 saturated heterocycles. The Kier molecular flexibility index (Phi) is 5.24. The number of H-pyrrole nitrogens is 1. The minimum atomic E-state index is -0.105. The van der Waals surface area contributed by atoms with E-state index in [1.54, 1.807) is 0 Å². The number of ether oxygens (including phenoxy) is 1. The maximum atomic E-state index is 12.3. The molecule has 7 nitrogen and oxygen atoms in total. The lowest BCUT2D eigenvalue weighted by Crippen LogP contribution is -2.37. The number of carbonyl (C=O) groups excluding carboxylic acids is 1. The van der Waals surface area contributed by atoms with Gasteiger partial charge in [0.25, 0.3) is 5.91 Å². The van der Waals surface area contributed by atoms with Gasteiger partial charge in [0.2, 0.25) is 0 Å². The molecule has 7 rings (SSSR count). The molecule has 0 radical (unpaired) electrons. The number of aryl methyl sites for hydroxylation is 1. The van der Waals surface area contributed by atoms with Crippen LogP contribution in [0.5, 0.6) is 5.75 Å². The van der Waals surface area contributed by atoms with E-state index in [2.05, 4.69) is 49.7 Å². The van der Waals surface area contributed by atoms with Gasteiger partial charge in [0.05, 0.1) is 17.8 Å². The van der Waals surface area contributed by atoms with Crippen LogP contribution in [0.2, 0.25) is 0 Å². The highest BCUT2D eigenvalue weighted by Crippen LogP contribution is 2.34. The van der Waals surface area contributed by atoms with Crippen LogP contribution in [0.25, 0.3) is 33.4 Å². The zero-order valence-corrected chi connectivity index (χ0v) is 20.2. The molecule has 1 fully saturated rings. The first kappa shape index (κ1) is 21.6. The number of carbonyl (C=O) groups is 1. The molecule has 0 bridgehead atoms. The van der Waals surface area contributed by atoms with Crippen LogP contribution in [0.3, 0.4) is 0 Å². The summed E-state index contributed by atoms with van der Waals surface area (Å²) in [4.78, 5) is 19.6. The number of rotatable bonds is 3. The van der Waals surface area contributed by atoms with E-state index in [-0.39, 0.29) is 5.91 Å². The molecule has 2 aliphatic heterocycles. The molecule has 2 N–H and O–H groups in total. The van der Waals surface area contributed by atoms with Crippen molar-refractivity contribution in [1.82, 2.24) is 25.4 Å². The van der Waals surface area contributed by atoms with E-state index >= 15 is 0 Å². The minimum absolute atomic E-state index is 0.105. The highest BCUT2D eigenvalue weighted by Gasteiger charge is 2.26. The van der Waals surface area contributed by atoms with E-state index in [1.165, 1.54) is 49.0 Å². The molecule has 182 valence electrons. The van der Waals surface area contributed by atoms with Crippen molar-refractivity contribution in [3.63, 3.8) is 0 Å². The summed E-state index contributed by atoms with van der Waals surface area (Å²) >= 11 is 0. The summed E-state index contributed by atoms with van der Waals surface area (Å²) in [6, 6.07) is 15.4. The van der Waals surface area contributed by atoms with E-state index in [4.69, 9.17) is 4.74 Å². The summed E-state index contributed by atoms with van der Waals surface area (Å²) in [5, 5.41) is 11.4. The quantitative estimate of drug-likeness (QED) is 0.456. The molecular weight excluding hydrogens is 450 g/mol. The van der Waals surface area contributed by atoms with Crippen LogP contribution >= 0.6 is 0 Å². The van der Waals surface area contributed by atoms with E-state index < -0.39 is 0 Å². The summed E-state index contributed by atoms with van der Waals surface area (Å²) in [6.07, 6.45) is 8.16. The van der Waals surface area contributed by atoms with Crippen LogP contribution in [0.4, 0.5) is 0 Å². The van der Waals surface area contributed by atoms with Crippen molar-refractivity contribution in [3.05, 3.63) is 65.4 Å². The van der Waals surface area contributed by atoms with Crippen molar-refractivity contribution in [2.45, 2.75) is 38.1 Å². The Morgan fingerprint density at radius 3 is 2.78 bits per heavy atom. The number of likely N-dealkylation sites (tertiary alicyclic amines) is 1. The van der Waals surface area contributed by atoms with Crippen LogP contribution in [0, 0.1) is 0 Å². The number of hydrogen-bond donors (Lipinski definition) is 2. The average Bonchev–Trinajstić information content (AvgIpc) is 3.57. The van der Waals surface area contributed by atoms with Crippen molar-refractivity contribution in [2.24, 2.45) is 0 Å². The maximum Gasteiger partial charge on any atom is 0.255 e. The summed E-state index contributed by atoms with van der Waals surface area (Å²) < 4.78 is 5.82. The first-order chi connectivity index (χ1) is 17.7. The van der Waals surface area contributed by atoms with Crippen LogP contribution < -0.4 is 10.1 Å². The van der Waals surface area contributed by atoms with Crippen molar-refractivity contribution in [2.75, 3.05) is 26.2 Å². The molecule has 4 heterocycles. The van der Waals surface area contributed by atoms with Gasteiger partial charge in [0.15, 0.2) is 5.65 Å². The van der Waals surface area contributed by atoms with Gasteiger partial charge in [-0.2, -0.15) is 5.10 Å². The van der Waals surface area contributed by atoms with Crippen LogP contribution in [0.1, 0.15) is 40.7 Å². The van der Waals surface area contributed by atoms with Gasteiger partial charge in [0, 0.05) is 28.8 Å². The lowest BCUT2D eigenvalue weighted by atomic mass is 9.86. The zero-order chi connectivity index (χ0) is 24.1. The molecular formula is C29H29N5O2. The van der Waals surface area contributed by atoms with Gasteiger partial charge in [-0.1, -0.05) is 24.3 Å². The molecule has 1 aliphatic carbocycles. The van der Waals surface area contributed by atoms with E-state index in [9.17, 15) is 4.79 Å². The highest BCUT2D eigenvalue weighted by molar-refractivity contribution is 5.99. The molecule has 0 spiro atoms. The minimum Gasteiger partial charge on any atom is -0.491 e. The molecule has 2 aromatic carbocycles. The second-order valence-corrected chi connectivity index (χ2v) is 10.1. The van der Waals surface area contributed by atoms with Gasteiger partial charge in [-0.05, 0) is 80.1 Å². The molecule has 1 amide bonds. The van der Waals surface area contributed by atoms with Crippen LogP contribution in [-0.2, 0) is 12.8 Å². The molecule has 36 heavy (non-hydrogen) atoms. The Morgan fingerprint density at radius 2 is 1.86 bits per heavy atom. The molecule has 2 aromatic heterocycles. The van der Waals surface area contributed by atoms with Gasteiger partial charge in [0.1, 0.15) is 12.4 Å². The zero-order valence-electron chi connectivity index (χ0n) is 20.2. The van der Waals surface area contributed by atoms with Gasteiger partial charge < -0.3 is 15.0 Å². The third-order valence-corrected chi connectivity index (χ3v) is 7.97. The highest BCUT2D eigenvalue weighted by atomic mass is 16.5. The average molecular weight is 480 g/mol. The van der Waals surface area contributed by atoms with E-state index in [0.29, 0.717) is 36.2 Å². The van der Waals surface area contributed by atoms with Crippen LogP contribution in [0.15, 0.2) is 48.7 Å². The summed E-state index contributed by atoms with van der Waals surface area (Å²) in [6.45, 7) is 3.48. The summed E-state index contributed by atoms with van der Waals surface area (Å²) in [7, 11) is 0. The number of hydrogen-bond acceptors (Lipinski definition) is 5. The summed E-state index contributed by atoms with van der Waals surface area (Å²) in [5.74, 6) is 0.489. The molecule has 4 aromatic rings. The SMILES string of the molecule is O=C1NCCOc2cc(-c3[nH]nc4ncc(-c5ccc6c(c5)CCC(N5CCCC5)C6)cc34)ccc21. The number of pyridine rings is 1. The number of benzene rings is 2. The van der Waals surface area contributed by atoms with Crippen molar-refractivity contribution >= 4 is 16.9 Å². The van der Waals surface area contributed by atoms with Gasteiger partial charge in [-0.25, -0.2) is 4.98 Å². The van der Waals surface area contributed by atoms with E-state index in [1.807, 2.05) is 24.4 Å². The Balaban J connectivity index is 1.21. The third kappa shape index (κ3) is 3.75. The van der Waals surface area contributed by atoms with Crippen molar-refractivity contribution in [3.8, 4) is 28.1 Å². The molecule has 3 aliphatic rings. The first-order valence-corrected chi connectivity index (χ1v) is 13.0. The van der Waals surface area contributed by atoms with Crippen molar-refractivity contribution < 1.29 is 9.53 Å². The standard InChI is InChI=1S/C29H29N5O2/c35-29-24-8-6-21(16-26(24)36-12-9-30-29)27-25-15-22(17-31-28(25)33-32-27)19-3-4-20-14-23(7-5-18(20)13-19)34-10-1-2-11-34/h3-4,6,8,13,15-17,23H,1-2,5,7,9-12,14H2,(H,30,35)(H,31,32,33). The fraction of sp³-hybridized carbons (Fsp3) is 0.345. The molecule has 1 unspecified atom stereocenters. The van der Waals surface area contributed by atoms with Crippen LogP contribution in [-0.4, -0.2) is 58.3 Å². The fourth-order valence-electron chi connectivity index (χ4n) is 6.02. The second-order valence-electron chi connectivity index (χ2n) is 10.1. The molecule has 7 heteroatoms. The van der Waals surface area contributed by atoms with E-state index in [0.717, 1.165) is 35.0 Å². The monoisotopic (exact) mass is 479 g/mol. The van der Waals surface area contributed by atoms with Gasteiger partial charge in [-0.15, -0.1) is 0 Å². The smallest absolute Gasteiger partial charge is 0.255 e. The molecule has 1 atom stereocenters. The third-order valence-electron chi connectivity index (χ3n) is 7.97. The Morgan fingerprint density at radius 1 is 0.972 bits per heavy atom. The fourth-order valence-corrected chi connectivity index (χ4v) is 6.02. The second kappa shape index (κ2) is 8.75. The molecule has 0 saturated carbocycles. The Bertz CT molecular complexity index is 1470. The number of fused-ring (bicyclic) bond motifs is 3. The summed E-state index contributed by atoms with van der Waals surface area (Å²) in [5.41, 5.74) is 8.27. The lowest BCUT2D eigenvalue weighted by Gasteiger charge is -2.32. The predicted octanol–water partition coefficient (Wildman–Crippen LogP) is 4.37. The normalized spacial score (nSPS) is 19.9.